The lowest BCUT2D eigenvalue weighted by atomic mass is 10.1. The van der Waals surface area contributed by atoms with Crippen LogP contribution in [0.25, 0.3) is 63.4 Å². The van der Waals surface area contributed by atoms with E-state index in [1.807, 2.05) is 236 Å². The molecule has 6 heterocycles. The SMILES string of the molecule is C=CCOc1ccc(-c2nc(C(=O)OCC)cs2)cc1.CCCC(C)OC(=O)c1csc(-c2ccc(OCC)cc2)n1.CCOC(=O)c1csc(-c2ccc(OCC)cc2)n1.CCOc1ccc(-c2nc(C(=O)OC(C)(C)CC)cs2)cc1.CCOc1ccc(-c2nc(C(=O)OC(C)CC)cs2)cc1.CCOc1ccc(-c2nc(C(=O)OCC(C)C)cs2)cc1. The Morgan fingerprint density at radius 1 is 0.336 bits per heavy atom. The van der Waals surface area contributed by atoms with E-state index in [-0.39, 0.29) is 48.0 Å². The first-order valence-electron chi connectivity index (χ1n) is 41.2. The van der Waals surface area contributed by atoms with Crippen molar-refractivity contribution in [2.24, 2.45) is 5.92 Å². The third-order valence-corrected chi connectivity index (χ3v) is 22.4. The molecule has 24 nitrogen and oxygen atoms in total. The number of aromatic nitrogens is 6. The number of rotatable bonds is 36. The van der Waals surface area contributed by atoms with Crippen LogP contribution in [-0.4, -0.2) is 143 Å². The molecular formula is C95H110N6O18S6. The van der Waals surface area contributed by atoms with Gasteiger partial charge in [-0.1, -0.05) is 53.7 Å². The van der Waals surface area contributed by atoms with Crippen LogP contribution >= 0.6 is 68.0 Å². The van der Waals surface area contributed by atoms with E-state index in [1.54, 1.807) is 52.2 Å². The van der Waals surface area contributed by atoms with Gasteiger partial charge in [0.2, 0.25) is 0 Å². The molecule has 664 valence electrons. The van der Waals surface area contributed by atoms with E-state index in [0.29, 0.717) is 99.5 Å². The van der Waals surface area contributed by atoms with E-state index in [1.165, 1.54) is 68.0 Å². The molecule has 0 aliphatic carbocycles. The molecule has 0 aliphatic heterocycles. The van der Waals surface area contributed by atoms with Crippen LogP contribution in [0.3, 0.4) is 0 Å². The summed E-state index contributed by atoms with van der Waals surface area (Å²) in [6.45, 7) is 39.3. The summed E-state index contributed by atoms with van der Waals surface area (Å²) in [7, 11) is 0. The fourth-order valence-electron chi connectivity index (χ4n) is 10.3. The number of carbonyl (C=O) groups excluding carboxylic acids is 6. The average molecular weight is 1820 g/mol. The molecule has 12 rings (SSSR count). The summed E-state index contributed by atoms with van der Waals surface area (Å²) in [5.41, 5.74) is 7.45. The zero-order chi connectivity index (χ0) is 90.6. The molecule has 0 N–H and O–H groups in total. The van der Waals surface area contributed by atoms with Gasteiger partial charge in [0, 0.05) is 65.7 Å². The quantitative estimate of drug-likeness (QED) is 0.0200. The van der Waals surface area contributed by atoms with E-state index >= 15 is 0 Å². The second kappa shape index (κ2) is 53.6. The van der Waals surface area contributed by atoms with Crippen LogP contribution in [0, 0.1) is 5.92 Å². The highest BCUT2D eigenvalue weighted by atomic mass is 32.1. The number of carbonyl (C=O) groups is 6. The van der Waals surface area contributed by atoms with Crippen molar-refractivity contribution < 1.29 is 85.6 Å². The Balaban J connectivity index is 0.000000206. The van der Waals surface area contributed by atoms with Gasteiger partial charge in [0.15, 0.2) is 34.2 Å². The molecule has 0 saturated carbocycles. The number of nitrogens with zero attached hydrogens (tertiary/aromatic N) is 6. The lowest BCUT2D eigenvalue weighted by Crippen LogP contribution is -2.27. The Morgan fingerprint density at radius 2 is 0.584 bits per heavy atom. The van der Waals surface area contributed by atoms with Gasteiger partial charge in [0.1, 0.15) is 76.8 Å². The highest BCUT2D eigenvalue weighted by molar-refractivity contribution is 7.15. The van der Waals surface area contributed by atoms with Crippen molar-refractivity contribution in [3.05, 3.63) is 225 Å². The van der Waals surface area contributed by atoms with E-state index in [2.05, 4.69) is 43.4 Å². The third kappa shape index (κ3) is 33.8. The van der Waals surface area contributed by atoms with Crippen LogP contribution in [-0.2, 0) is 28.4 Å². The van der Waals surface area contributed by atoms with Gasteiger partial charge in [-0.05, 0) is 247 Å². The Morgan fingerprint density at radius 3 is 0.816 bits per heavy atom. The Bertz CT molecular complexity index is 5230. The topological polar surface area (TPSA) is 291 Å². The second-order valence-corrected chi connectivity index (χ2v) is 32.9. The maximum atomic E-state index is 12.1. The molecule has 0 spiro atoms. The van der Waals surface area contributed by atoms with Gasteiger partial charge < -0.3 is 56.8 Å². The van der Waals surface area contributed by atoms with Gasteiger partial charge in [-0.2, -0.15) is 0 Å². The van der Waals surface area contributed by atoms with Crippen molar-refractivity contribution in [1.29, 1.82) is 0 Å². The summed E-state index contributed by atoms with van der Waals surface area (Å²) in [6, 6.07) is 45.9. The van der Waals surface area contributed by atoms with E-state index in [0.717, 1.165) is 124 Å². The van der Waals surface area contributed by atoms with Gasteiger partial charge in [-0.25, -0.2) is 58.7 Å². The van der Waals surface area contributed by atoms with Crippen LogP contribution in [0.1, 0.15) is 199 Å². The molecule has 0 amide bonds. The van der Waals surface area contributed by atoms with Gasteiger partial charge in [-0.3, -0.25) is 0 Å². The molecule has 6 aromatic carbocycles. The molecule has 0 bridgehead atoms. The van der Waals surface area contributed by atoms with Crippen molar-refractivity contribution in [1.82, 2.24) is 29.9 Å². The van der Waals surface area contributed by atoms with Crippen LogP contribution in [0.4, 0.5) is 0 Å². The van der Waals surface area contributed by atoms with Crippen LogP contribution < -0.4 is 28.4 Å². The van der Waals surface area contributed by atoms with Crippen molar-refractivity contribution in [3.63, 3.8) is 0 Å². The maximum absolute atomic E-state index is 12.1. The minimum Gasteiger partial charge on any atom is -0.494 e. The third-order valence-electron chi connectivity index (χ3n) is 17.0. The predicted molar refractivity (Wildman–Crippen MR) is 499 cm³/mol. The number of hydrogen-bond acceptors (Lipinski definition) is 30. The highest BCUT2D eigenvalue weighted by Crippen LogP contribution is 2.33. The van der Waals surface area contributed by atoms with Crippen molar-refractivity contribution in [2.75, 3.05) is 59.5 Å². The summed E-state index contributed by atoms with van der Waals surface area (Å²) < 4.78 is 63.5. The number of benzene rings is 6. The van der Waals surface area contributed by atoms with E-state index < -0.39 is 5.60 Å². The standard InChI is InChI=1S/2C17H21NO3S.2C16H19NO3S.C15H15NO3S.C14H15NO3S/c1-5-17(3,4)21-16(19)14-11-22-15(18-14)12-7-9-13(10-8-12)20-6-2;1-4-6-12(3)21-17(19)15-11-22-16(18-15)13-7-9-14(10-8-13)20-5-2;1-4-19-13-7-5-12(6-8-13)15-17-14(10-21-15)16(18)20-9-11(2)3;1-4-11(3)20-16(18)14-10-21-15(17-14)12-6-8-13(9-7-12)19-5-2;1-3-9-19-12-7-5-11(6-8-12)14-16-13(10-20-14)15(17)18-4-2;1-3-17-11-7-5-10(6-8-11)13-15-12(9-19-13)14(16)18-4-2/h7-11H,5-6H2,1-4H3;7-12H,4-6H2,1-3H3;5-8,10-11H,4,9H2,1-3H3;6-11H,4-5H2,1-3H3;3,5-8,10H,1,4,9H2,2H3;5-9H,3-4H2,1-2H3. The van der Waals surface area contributed by atoms with Crippen molar-refractivity contribution >= 4 is 104 Å². The molecule has 12 aromatic rings. The molecular weight excluding hydrogens is 1710 g/mol. The molecule has 2 atom stereocenters. The van der Waals surface area contributed by atoms with Crippen molar-refractivity contribution in [2.45, 2.75) is 154 Å². The van der Waals surface area contributed by atoms with Crippen LogP contribution in [0.2, 0.25) is 0 Å². The smallest absolute Gasteiger partial charge is 0.358 e. The summed E-state index contributed by atoms with van der Waals surface area (Å²) in [5, 5.41) is 15.1. The number of hydrogen-bond donors (Lipinski definition) is 0. The van der Waals surface area contributed by atoms with E-state index in [9.17, 15) is 28.8 Å². The first-order chi connectivity index (χ1) is 60.3. The number of esters is 6. The van der Waals surface area contributed by atoms with Crippen LogP contribution in [0.5, 0.6) is 34.5 Å². The van der Waals surface area contributed by atoms with Crippen molar-refractivity contribution in [3.8, 4) is 97.9 Å². The molecule has 0 saturated heterocycles. The fourth-order valence-corrected chi connectivity index (χ4v) is 15.1. The summed E-state index contributed by atoms with van der Waals surface area (Å²) >= 11 is 8.57. The highest BCUT2D eigenvalue weighted by Gasteiger charge is 2.25. The minimum atomic E-state index is -0.472. The molecule has 0 aliphatic rings. The first-order valence-corrected chi connectivity index (χ1v) is 46.5. The van der Waals surface area contributed by atoms with E-state index in [4.69, 9.17) is 56.8 Å². The average Bonchev–Trinajstić information content (AvgIpc) is 1.73. The second-order valence-electron chi connectivity index (χ2n) is 27.7. The number of thiazole rings is 6. The van der Waals surface area contributed by atoms with Crippen LogP contribution in [0.15, 0.2) is 191 Å². The van der Waals surface area contributed by atoms with Gasteiger partial charge >= 0.3 is 35.8 Å². The molecule has 30 heteroatoms. The molecule has 0 radical (unpaired) electrons. The monoisotopic (exact) mass is 1810 g/mol. The molecule has 0 fully saturated rings. The zero-order valence-electron chi connectivity index (χ0n) is 73.5. The zero-order valence-corrected chi connectivity index (χ0v) is 78.4. The predicted octanol–water partition coefficient (Wildman–Crippen LogP) is 24.2. The normalized spacial score (nSPS) is 11.0. The fraction of sp³-hybridized carbons (Fsp3) is 0.347. The van der Waals surface area contributed by atoms with Gasteiger partial charge in [0.05, 0.1) is 65.1 Å². The first kappa shape index (κ1) is 101. The Labute approximate surface area is 756 Å². The summed E-state index contributed by atoms with van der Waals surface area (Å²) in [4.78, 5) is 96.9. The summed E-state index contributed by atoms with van der Waals surface area (Å²) in [6.07, 6.45) is 4.93. The molecule has 2 unspecified atom stereocenters. The lowest BCUT2D eigenvalue weighted by Gasteiger charge is -2.22. The Kier molecular flexibility index (Phi) is 43.1. The number of ether oxygens (including phenoxy) is 12. The Hall–Kier alpha value is -11.5. The lowest BCUT2D eigenvalue weighted by molar-refractivity contribution is -0.00311. The largest absolute Gasteiger partial charge is 0.494 e. The van der Waals surface area contributed by atoms with Gasteiger partial charge in [0.25, 0.3) is 0 Å². The molecule has 125 heavy (non-hydrogen) atoms. The summed E-state index contributed by atoms with van der Waals surface area (Å²) in [5.74, 6) is 3.01. The van der Waals surface area contributed by atoms with Gasteiger partial charge in [-0.15, -0.1) is 68.0 Å². The maximum Gasteiger partial charge on any atom is 0.358 e. The minimum absolute atomic E-state index is 0.0758. The molecule has 6 aromatic heterocycles.